The highest BCUT2D eigenvalue weighted by molar-refractivity contribution is 9.11. The minimum atomic E-state index is -4.01. The minimum absolute atomic E-state index is 0.0226. The number of rotatable bonds is 4. The van der Waals surface area contributed by atoms with Crippen molar-refractivity contribution in [2.24, 2.45) is 0 Å². The summed E-state index contributed by atoms with van der Waals surface area (Å²) in [6.45, 7) is -0.358. The van der Waals surface area contributed by atoms with E-state index in [0.717, 1.165) is 0 Å². The Morgan fingerprint density at radius 1 is 1.14 bits per heavy atom. The van der Waals surface area contributed by atoms with Gasteiger partial charge >= 0.3 is 10.1 Å². The first-order chi connectivity index (χ1) is 9.83. The average Bonchev–Trinajstić information content (AvgIpc) is 2.42. The molecule has 0 aromatic heterocycles. The van der Waals surface area contributed by atoms with Crippen molar-refractivity contribution in [3.63, 3.8) is 0 Å². The van der Waals surface area contributed by atoms with Gasteiger partial charge in [-0.05, 0) is 52.3 Å². The van der Waals surface area contributed by atoms with E-state index in [-0.39, 0.29) is 17.3 Å². The molecular weight excluding hydrogens is 447 g/mol. The van der Waals surface area contributed by atoms with Gasteiger partial charge in [0.25, 0.3) is 0 Å². The van der Waals surface area contributed by atoms with E-state index >= 15 is 0 Å². The molecule has 8 heteroatoms. The van der Waals surface area contributed by atoms with Crippen LogP contribution in [0.3, 0.4) is 0 Å². The number of aliphatic hydroxyl groups is 1. The fourth-order valence-electron chi connectivity index (χ4n) is 1.58. The second-order valence-electron chi connectivity index (χ2n) is 4.03. The summed E-state index contributed by atoms with van der Waals surface area (Å²) in [4.78, 5) is -0.0226. The van der Waals surface area contributed by atoms with Gasteiger partial charge < -0.3 is 9.29 Å². The third-order valence-electron chi connectivity index (χ3n) is 2.55. The quantitative estimate of drug-likeness (QED) is 0.703. The van der Waals surface area contributed by atoms with E-state index in [1.54, 1.807) is 12.1 Å². The molecule has 2 aromatic rings. The molecule has 0 bridgehead atoms. The molecule has 0 aliphatic heterocycles. The third-order valence-corrected chi connectivity index (χ3v) is 5.09. The maximum Gasteiger partial charge on any atom is 0.339 e. The molecule has 0 unspecified atom stereocenters. The van der Waals surface area contributed by atoms with E-state index in [9.17, 15) is 13.5 Å². The molecule has 0 amide bonds. The standard InChI is InChI=1S/C13H9Br2ClO4S/c14-9-5-8(7-17)13(12(15)6-9)20-21(18,19)11-3-1-10(16)2-4-11/h1-6,17H,7H2. The van der Waals surface area contributed by atoms with Gasteiger partial charge in [-0.2, -0.15) is 8.42 Å². The average molecular weight is 457 g/mol. The maximum atomic E-state index is 12.2. The zero-order valence-electron chi connectivity index (χ0n) is 10.4. The topological polar surface area (TPSA) is 63.6 Å². The number of hydrogen-bond acceptors (Lipinski definition) is 4. The molecule has 0 saturated carbocycles. The van der Waals surface area contributed by atoms with E-state index in [1.165, 1.54) is 24.3 Å². The lowest BCUT2D eigenvalue weighted by Crippen LogP contribution is -2.11. The highest BCUT2D eigenvalue weighted by Crippen LogP contribution is 2.35. The summed E-state index contributed by atoms with van der Waals surface area (Å²) in [7, 11) is -4.01. The first kappa shape index (κ1) is 16.8. The van der Waals surface area contributed by atoms with Gasteiger partial charge in [0.05, 0.1) is 11.1 Å². The first-order valence-electron chi connectivity index (χ1n) is 5.62. The van der Waals surface area contributed by atoms with Crippen LogP contribution in [-0.4, -0.2) is 13.5 Å². The van der Waals surface area contributed by atoms with E-state index in [2.05, 4.69) is 31.9 Å². The predicted octanol–water partition coefficient (Wildman–Crippen LogP) is 4.13. The summed E-state index contributed by atoms with van der Waals surface area (Å²) >= 11 is 12.2. The van der Waals surface area contributed by atoms with E-state index in [1.807, 2.05) is 0 Å². The van der Waals surface area contributed by atoms with Gasteiger partial charge in [0.15, 0.2) is 5.75 Å². The van der Waals surface area contributed by atoms with Crippen molar-refractivity contribution < 1.29 is 17.7 Å². The lowest BCUT2D eigenvalue weighted by molar-refractivity contribution is 0.278. The van der Waals surface area contributed by atoms with Crippen molar-refractivity contribution in [2.45, 2.75) is 11.5 Å². The van der Waals surface area contributed by atoms with Crippen LogP contribution in [0.15, 0.2) is 50.2 Å². The fourth-order valence-corrected chi connectivity index (χ4v) is 4.19. The Kier molecular flexibility index (Phi) is 5.32. The molecule has 0 spiro atoms. The number of benzene rings is 2. The molecule has 0 radical (unpaired) electrons. The van der Waals surface area contributed by atoms with Crippen LogP contribution in [-0.2, 0) is 16.7 Å². The molecule has 0 heterocycles. The first-order valence-corrected chi connectivity index (χ1v) is 8.99. The van der Waals surface area contributed by atoms with Gasteiger partial charge in [0.1, 0.15) is 4.90 Å². The Bertz CT molecular complexity index is 760. The van der Waals surface area contributed by atoms with Crippen molar-refractivity contribution in [1.82, 2.24) is 0 Å². The van der Waals surface area contributed by atoms with Crippen LogP contribution >= 0.6 is 43.5 Å². The van der Waals surface area contributed by atoms with Gasteiger partial charge in [-0.3, -0.25) is 0 Å². The van der Waals surface area contributed by atoms with Crippen molar-refractivity contribution in [1.29, 1.82) is 0 Å². The van der Waals surface area contributed by atoms with Crippen LogP contribution in [0.2, 0.25) is 5.02 Å². The molecule has 2 aromatic carbocycles. The second kappa shape index (κ2) is 6.66. The Labute approximate surface area is 144 Å². The van der Waals surface area contributed by atoms with Crippen LogP contribution in [0.1, 0.15) is 5.56 Å². The molecular formula is C13H9Br2ClO4S. The molecule has 2 rings (SSSR count). The Morgan fingerprint density at radius 3 is 2.33 bits per heavy atom. The molecule has 0 aliphatic carbocycles. The maximum absolute atomic E-state index is 12.2. The summed E-state index contributed by atoms with van der Waals surface area (Å²) in [5.74, 6) is 0.0515. The van der Waals surface area contributed by atoms with Gasteiger partial charge in [0, 0.05) is 15.1 Å². The smallest absolute Gasteiger partial charge is 0.339 e. The lowest BCUT2D eigenvalue weighted by Gasteiger charge is -2.12. The summed E-state index contributed by atoms with van der Waals surface area (Å²) in [6.07, 6.45) is 0. The normalized spacial score (nSPS) is 11.4. The number of halogens is 3. The molecule has 21 heavy (non-hydrogen) atoms. The van der Waals surface area contributed by atoms with Crippen LogP contribution in [0.4, 0.5) is 0 Å². The van der Waals surface area contributed by atoms with Crippen LogP contribution in [0.5, 0.6) is 5.75 Å². The summed E-state index contributed by atoms with van der Waals surface area (Å²) in [5.41, 5.74) is 0.341. The Hall–Kier alpha value is -0.600. The van der Waals surface area contributed by atoms with Crippen LogP contribution < -0.4 is 4.18 Å². The van der Waals surface area contributed by atoms with Crippen LogP contribution in [0, 0.1) is 0 Å². The summed E-state index contributed by atoms with van der Waals surface area (Å²) in [5, 5.41) is 9.76. The lowest BCUT2D eigenvalue weighted by atomic mass is 10.2. The molecule has 112 valence electrons. The highest BCUT2D eigenvalue weighted by atomic mass is 79.9. The van der Waals surface area contributed by atoms with Crippen molar-refractivity contribution in [2.75, 3.05) is 0 Å². The second-order valence-corrected chi connectivity index (χ2v) is 7.78. The van der Waals surface area contributed by atoms with Crippen LogP contribution in [0.25, 0.3) is 0 Å². The molecule has 0 saturated heterocycles. The van der Waals surface area contributed by atoms with E-state index < -0.39 is 10.1 Å². The van der Waals surface area contributed by atoms with Gasteiger partial charge in [0.2, 0.25) is 0 Å². The SMILES string of the molecule is O=S(=O)(Oc1c(Br)cc(Br)cc1CO)c1ccc(Cl)cc1. The molecule has 0 aliphatic rings. The fraction of sp³-hybridized carbons (Fsp3) is 0.0769. The van der Waals surface area contributed by atoms with E-state index in [0.29, 0.717) is 19.5 Å². The van der Waals surface area contributed by atoms with Gasteiger partial charge in [-0.15, -0.1) is 0 Å². The molecule has 0 fully saturated rings. The zero-order chi connectivity index (χ0) is 15.6. The summed E-state index contributed by atoms with van der Waals surface area (Å²) in [6, 6.07) is 8.83. The minimum Gasteiger partial charge on any atom is -0.392 e. The Balaban J connectivity index is 2.44. The van der Waals surface area contributed by atoms with E-state index in [4.69, 9.17) is 15.8 Å². The van der Waals surface area contributed by atoms with Crippen molar-refractivity contribution in [3.05, 3.63) is 55.9 Å². The third kappa shape index (κ3) is 3.98. The Morgan fingerprint density at radius 2 is 1.76 bits per heavy atom. The monoisotopic (exact) mass is 454 g/mol. The van der Waals surface area contributed by atoms with Gasteiger partial charge in [-0.1, -0.05) is 27.5 Å². The van der Waals surface area contributed by atoms with Crippen molar-refractivity contribution >= 4 is 53.6 Å². The van der Waals surface area contributed by atoms with Gasteiger partial charge in [-0.25, -0.2) is 0 Å². The molecule has 1 N–H and O–H groups in total. The highest BCUT2D eigenvalue weighted by Gasteiger charge is 2.20. The number of hydrogen-bond donors (Lipinski definition) is 1. The summed E-state index contributed by atoms with van der Waals surface area (Å²) < 4.78 is 30.7. The predicted molar refractivity (Wildman–Crippen MR) is 87.0 cm³/mol. The zero-order valence-corrected chi connectivity index (χ0v) is 15.1. The van der Waals surface area contributed by atoms with Crippen molar-refractivity contribution in [3.8, 4) is 5.75 Å². The number of aliphatic hydroxyl groups excluding tert-OH is 1. The molecule has 0 atom stereocenters. The largest absolute Gasteiger partial charge is 0.392 e. The molecule has 4 nitrogen and oxygen atoms in total.